The molecule has 0 amide bonds. The van der Waals surface area contributed by atoms with Crippen LogP contribution < -0.4 is 10.6 Å². The number of para-hydroxylation sites is 1. The van der Waals surface area contributed by atoms with Crippen LogP contribution in [-0.2, 0) is 5.41 Å². The molecule has 0 bridgehead atoms. The van der Waals surface area contributed by atoms with Crippen molar-refractivity contribution in [1.29, 1.82) is 0 Å². The van der Waals surface area contributed by atoms with Gasteiger partial charge < -0.3 is 10.6 Å². The van der Waals surface area contributed by atoms with E-state index in [1.165, 1.54) is 66.8 Å². The summed E-state index contributed by atoms with van der Waals surface area (Å²) in [6, 6.07) is 71.7. The second kappa shape index (κ2) is 23.1. The van der Waals surface area contributed by atoms with Crippen LogP contribution in [0.25, 0.3) is 50.6 Å². The summed E-state index contributed by atoms with van der Waals surface area (Å²) in [6.45, 7) is 7.01. The highest BCUT2D eigenvalue weighted by Gasteiger charge is 2.35. The molecule has 2 nitrogen and oxygen atoms in total. The molecule has 1 atom stereocenters. The number of allylic oxidation sites excluding steroid dienone is 1. The van der Waals surface area contributed by atoms with Gasteiger partial charge in [-0.3, -0.25) is 0 Å². The van der Waals surface area contributed by atoms with Gasteiger partial charge in [-0.1, -0.05) is 203 Å². The van der Waals surface area contributed by atoms with Crippen LogP contribution >= 0.6 is 24.0 Å². The van der Waals surface area contributed by atoms with Crippen LogP contribution in [0, 0.1) is 0 Å². The summed E-state index contributed by atoms with van der Waals surface area (Å²) in [5.41, 5.74) is 33.9. The van der Waals surface area contributed by atoms with Crippen molar-refractivity contribution in [1.82, 2.24) is 0 Å². The van der Waals surface area contributed by atoms with E-state index in [4.69, 9.17) is 0 Å². The van der Waals surface area contributed by atoms with Crippen molar-refractivity contribution in [2.24, 2.45) is 0 Å². The number of hydrogen-bond acceptors (Lipinski definition) is 2. The number of rotatable bonds is 11. The molecule has 0 heterocycles. The van der Waals surface area contributed by atoms with Crippen molar-refractivity contribution in [2.75, 3.05) is 17.7 Å². The second-order valence-corrected chi connectivity index (χ2v) is 16.9. The third-order valence-corrected chi connectivity index (χ3v) is 12.2. The number of halogens is 1. The Morgan fingerprint density at radius 3 is 1.39 bits per heavy atom. The lowest BCUT2D eigenvalue weighted by molar-refractivity contribution is 0.655. The van der Waals surface area contributed by atoms with Gasteiger partial charge in [0.05, 0.1) is 0 Å². The van der Waals surface area contributed by atoms with E-state index in [1.54, 1.807) is 0 Å². The summed E-state index contributed by atoms with van der Waals surface area (Å²) >= 11 is 0. The minimum Gasteiger partial charge on any atom is -0.388 e. The Kier molecular flexibility index (Phi) is 16.4. The fraction of sp³-hybridized carbons (Fsp3) is 0.125. The van der Waals surface area contributed by atoms with E-state index >= 15 is 0 Å². The fourth-order valence-corrected chi connectivity index (χ4v) is 8.59. The quantitative estimate of drug-likeness (QED) is 0.0997. The number of benzene rings is 8. The lowest BCUT2D eigenvalue weighted by atomic mass is 9.80. The molecule has 10 rings (SSSR count). The zero-order valence-electron chi connectivity index (χ0n) is 38.6. The van der Waals surface area contributed by atoms with Gasteiger partial charge in [0.25, 0.3) is 0 Å². The Morgan fingerprint density at radius 2 is 0.896 bits per heavy atom. The first-order valence-corrected chi connectivity index (χ1v) is 22.8. The maximum Gasteiger partial charge on any atom is 0.0384 e. The summed E-state index contributed by atoms with van der Waals surface area (Å²) in [4.78, 5) is 0. The zero-order valence-corrected chi connectivity index (χ0v) is 40.9. The summed E-state index contributed by atoms with van der Waals surface area (Å²) < 4.78 is 0. The summed E-state index contributed by atoms with van der Waals surface area (Å²) in [6.07, 6.45) is 6.99. The maximum absolute atomic E-state index is 3.57. The lowest BCUT2D eigenvalue weighted by Gasteiger charge is -2.23. The Balaban J connectivity index is 0.000000380. The van der Waals surface area contributed by atoms with E-state index in [0.29, 0.717) is 5.92 Å². The molecule has 2 aliphatic carbocycles. The highest BCUT2D eigenvalue weighted by Crippen LogP contribution is 2.49. The SMILES string of the molecule is C1=C=C=C=C=C=1.CCC[C@H](/C=C/c1ccc(-c2ccc(Nc3ccc(-c4ccc(-c5ccccc5)cc4)cc3)cc2)cc1)c1ccc2c(c1)C(C)(C)c1ccccc1-2.CNc1ccccc1.I. The number of hydrogen-bond donors (Lipinski definition) is 2. The molecule has 0 saturated carbocycles. The van der Waals surface area contributed by atoms with Crippen LogP contribution in [0.1, 0.15) is 61.8 Å². The highest BCUT2D eigenvalue weighted by atomic mass is 127. The van der Waals surface area contributed by atoms with E-state index in [9.17, 15) is 0 Å². The largest absolute Gasteiger partial charge is 0.388 e. The van der Waals surface area contributed by atoms with E-state index in [1.807, 2.05) is 37.4 Å². The number of anilines is 3. The monoisotopic (exact) mass is 978 g/mol. The van der Waals surface area contributed by atoms with Crippen LogP contribution in [0.5, 0.6) is 0 Å². The molecule has 0 spiro atoms. The molecule has 0 unspecified atom stereocenters. The molecule has 67 heavy (non-hydrogen) atoms. The third-order valence-electron chi connectivity index (χ3n) is 12.2. The predicted octanol–water partition coefficient (Wildman–Crippen LogP) is 17.6. The zero-order chi connectivity index (χ0) is 45.6. The molecule has 0 saturated heterocycles. The molecule has 0 radical (unpaired) electrons. The lowest BCUT2D eigenvalue weighted by Crippen LogP contribution is -2.15. The van der Waals surface area contributed by atoms with Gasteiger partial charge in [0.2, 0.25) is 0 Å². The van der Waals surface area contributed by atoms with Crippen LogP contribution in [0.3, 0.4) is 0 Å². The van der Waals surface area contributed by atoms with E-state index < -0.39 is 0 Å². The standard InChI is InChI=1S/C51H45N.C7H9N.C6.HI/c1-4-10-37(44-29-34-48-47-13-8-9-14-49(47)51(2,3)50(48)35-44)18-15-36-16-19-39(20-17-36)42-25-30-45(31-26-42)52-46-32-27-43(28-33-46)41-23-21-40(22-24-41)38-11-6-5-7-12-38;1-8-7-5-3-2-4-6-7;1-2-4-6-5-3-1;/h5-9,11-35,37,52H,4,10H2,1-3H3;2-6,8H,1H3;;1H/b18-15+;;;/t37-;;;/m1.../s1. The smallest absolute Gasteiger partial charge is 0.0384 e. The minimum atomic E-state index is 0. The van der Waals surface area contributed by atoms with Gasteiger partial charge in [-0.05, 0) is 110 Å². The molecule has 2 N–H and O–H groups in total. The van der Waals surface area contributed by atoms with Crippen molar-refractivity contribution >= 4 is 47.1 Å². The van der Waals surface area contributed by atoms with Gasteiger partial charge in [0, 0.05) is 69.8 Å². The molecule has 2 aliphatic rings. The van der Waals surface area contributed by atoms with Crippen molar-refractivity contribution < 1.29 is 0 Å². The second-order valence-electron chi connectivity index (χ2n) is 16.9. The van der Waals surface area contributed by atoms with Crippen LogP contribution in [0.4, 0.5) is 17.1 Å². The molecular weight excluding hydrogens is 924 g/mol. The Hall–Kier alpha value is -7.49. The van der Waals surface area contributed by atoms with E-state index in [2.05, 4.69) is 248 Å². The van der Waals surface area contributed by atoms with Crippen molar-refractivity contribution in [3.8, 4) is 44.5 Å². The average molecular weight is 979 g/mol. The minimum absolute atomic E-state index is 0. The summed E-state index contributed by atoms with van der Waals surface area (Å²) in [7, 11) is 1.91. The molecule has 328 valence electrons. The Labute approximate surface area is 414 Å². The Bertz CT molecular complexity index is 3070. The van der Waals surface area contributed by atoms with Gasteiger partial charge in [0.15, 0.2) is 0 Å². The highest BCUT2D eigenvalue weighted by molar-refractivity contribution is 14.0. The molecule has 0 aliphatic heterocycles. The van der Waals surface area contributed by atoms with E-state index in [-0.39, 0.29) is 29.4 Å². The molecular formula is C64H55IN2. The first-order valence-electron chi connectivity index (χ1n) is 22.8. The number of fused-ring (bicyclic) bond motifs is 3. The summed E-state index contributed by atoms with van der Waals surface area (Å²) in [5, 5.41) is 6.59. The van der Waals surface area contributed by atoms with Gasteiger partial charge in [-0.25, -0.2) is 0 Å². The molecule has 8 aromatic carbocycles. The molecule has 0 fully saturated rings. The molecule has 3 heteroatoms. The number of nitrogens with one attached hydrogen (secondary N) is 2. The third kappa shape index (κ3) is 12.1. The predicted molar refractivity (Wildman–Crippen MR) is 296 cm³/mol. The van der Waals surface area contributed by atoms with Crippen LogP contribution in [0.15, 0.2) is 241 Å². The first kappa shape index (κ1) is 47.5. The first-order chi connectivity index (χ1) is 32.4. The van der Waals surface area contributed by atoms with Gasteiger partial charge in [-0.15, -0.1) is 24.0 Å². The van der Waals surface area contributed by atoms with Crippen molar-refractivity contribution in [2.45, 2.75) is 44.9 Å². The molecule has 8 aromatic rings. The maximum atomic E-state index is 3.57. The van der Waals surface area contributed by atoms with Crippen molar-refractivity contribution in [3.63, 3.8) is 0 Å². The average Bonchev–Trinajstić information content (AvgIpc) is 3.62. The van der Waals surface area contributed by atoms with E-state index in [0.717, 1.165) is 29.9 Å². The molecule has 0 aromatic heterocycles. The Morgan fingerprint density at radius 1 is 0.463 bits per heavy atom. The van der Waals surface area contributed by atoms with Gasteiger partial charge in [-0.2, -0.15) is 0 Å². The van der Waals surface area contributed by atoms with Crippen LogP contribution in [0.2, 0.25) is 0 Å². The van der Waals surface area contributed by atoms with Crippen molar-refractivity contribution in [3.05, 3.63) is 263 Å². The summed E-state index contributed by atoms with van der Waals surface area (Å²) in [5.74, 6) is 0.386. The topological polar surface area (TPSA) is 24.1 Å². The fourth-order valence-electron chi connectivity index (χ4n) is 8.59. The van der Waals surface area contributed by atoms with Crippen LogP contribution in [-0.4, -0.2) is 7.05 Å². The van der Waals surface area contributed by atoms with Gasteiger partial charge >= 0.3 is 0 Å². The normalized spacial score (nSPS) is 12.2. The van der Waals surface area contributed by atoms with Gasteiger partial charge in [0.1, 0.15) is 0 Å².